The van der Waals surface area contributed by atoms with Gasteiger partial charge in [0.15, 0.2) is 6.61 Å². The number of hydrogen-bond acceptors (Lipinski definition) is 4. The van der Waals surface area contributed by atoms with Crippen LogP contribution in [-0.2, 0) is 20.7 Å². The highest BCUT2D eigenvalue weighted by Gasteiger charge is 2.11. The molecule has 1 amide bonds. The molecule has 29 heavy (non-hydrogen) atoms. The minimum absolute atomic E-state index is 0.0217. The number of nitrogens with one attached hydrogen (secondary N) is 1. The lowest BCUT2D eigenvalue weighted by Gasteiger charge is -2.14. The summed E-state index contributed by atoms with van der Waals surface area (Å²) < 4.78 is 5.10. The second kappa shape index (κ2) is 10.7. The molecule has 0 radical (unpaired) electrons. The van der Waals surface area contributed by atoms with Crippen LogP contribution >= 0.6 is 11.8 Å². The van der Waals surface area contributed by atoms with Gasteiger partial charge in [0.25, 0.3) is 5.91 Å². The van der Waals surface area contributed by atoms with Crippen molar-refractivity contribution in [1.29, 1.82) is 0 Å². The number of aryl methyl sites for hydroxylation is 1. The summed E-state index contributed by atoms with van der Waals surface area (Å²) in [5.74, 6) is -0.486. The Morgan fingerprint density at radius 3 is 2.48 bits per heavy atom. The van der Waals surface area contributed by atoms with E-state index in [1.54, 1.807) is 0 Å². The van der Waals surface area contributed by atoms with E-state index in [0.717, 1.165) is 28.5 Å². The van der Waals surface area contributed by atoms with Crippen LogP contribution in [0.25, 0.3) is 10.8 Å². The van der Waals surface area contributed by atoms with E-state index in [4.69, 9.17) is 4.74 Å². The summed E-state index contributed by atoms with van der Waals surface area (Å²) in [6, 6.07) is 24.3. The first-order valence-electron chi connectivity index (χ1n) is 9.70. The molecule has 5 heteroatoms. The fourth-order valence-corrected chi connectivity index (χ4v) is 3.75. The first kappa shape index (κ1) is 20.9. The van der Waals surface area contributed by atoms with Crippen molar-refractivity contribution in [1.82, 2.24) is 5.32 Å². The first-order valence-corrected chi connectivity index (χ1v) is 10.7. The maximum Gasteiger partial charge on any atom is 0.316 e. The number of hydrogen-bond donors (Lipinski definition) is 1. The van der Waals surface area contributed by atoms with Gasteiger partial charge >= 0.3 is 5.97 Å². The van der Waals surface area contributed by atoms with Gasteiger partial charge in [0, 0.05) is 10.9 Å². The summed E-state index contributed by atoms with van der Waals surface area (Å²) in [5, 5.41) is 5.17. The van der Waals surface area contributed by atoms with E-state index in [1.165, 1.54) is 17.3 Å². The van der Waals surface area contributed by atoms with Crippen molar-refractivity contribution in [2.75, 3.05) is 12.4 Å². The van der Waals surface area contributed by atoms with Crippen LogP contribution in [0.2, 0.25) is 0 Å². The summed E-state index contributed by atoms with van der Waals surface area (Å²) in [6.45, 7) is 1.71. The van der Waals surface area contributed by atoms with Gasteiger partial charge in [-0.1, -0.05) is 60.7 Å². The number of rotatable bonds is 9. The number of esters is 1. The number of thioether (sulfide) groups is 1. The molecule has 1 N–H and O–H groups in total. The Labute approximate surface area is 175 Å². The van der Waals surface area contributed by atoms with Crippen molar-refractivity contribution < 1.29 is 14.3 Å². The summed E-state index contributed by atoms with van der Waals surface area (Å²) in [7, 11) is 0. The highest BCUT2D eigenvalue weighted by atomic mass is 32.2. The number of carbonyl (C=O) groups excluding carboxylic acids is 2. The molecule has 3 aromatic rings. The van der Waals surface area contributed by atoms with Gasteiger partial charge < -0.3 is 10.1 Å². The molecule has 0 heterocycles. The van der Waals surface area contributed by atoms with Crippen LogP contribution in [-0.4, -0.2) is 30.3 Å². The third-order valence-electron chi connectivity index (χ3n) is 4.56. The Morgan fingerprint density at radius 1 is 0.966 bits per heavy atom. The average molecular weight is 408 g/mol. The molecule has 0 bridgehead atoms. The first-order chi connectivity index (χ1) is 14.1. The molecule has 0 fully saturated rings. The molecule has 0 saturated heterocycles. The van der Waals surface area contributed by atoms with E-state index >= 15 is 0 Å². The van der Waals surface area contributed by atoms with Gasteiger partial charge in [0.2, 0.25) is 0 Å². The third-order valence-corrected chi connectivity index (χ3v) is 5.53. The summed E-state index contributed by atoms with van der Waals surface area (Å²) >= 11 is 1.41. The van der Waals surface area contributed by atoms with Crippen LogP contribution in [0.5, 0.6) is 0 Å². The van der Waals surface area contributed by atoms with Crippen molar-refractivity contribution in [3.63, 3.8) is 0 Å². The molecule has 0 aliphatic heterocycles. The molecule has 3 aromatic carbocycles. The lowest BCUT2D eigenvalue weighted by Crippen LogP contribution is -2.36. The molecular formula is C24H25NO3S. The minimum atomic E-state index is -0.393. The highest BCUT2D eigenvalue weighted by Crippen LogP contribution is 2.23. The summed E-state index contributed by atoms with van der Waals surface area (Å²) in [4.78, 5) is 25.0. The number of amides is 1. The molecule has 0 aliphatic rings. The fourth-order valence-electron chi connectivity index (χ4n) is 3.00. The third kappa shape index (κ3) is 6.95. The number of carbonyl (C=O) groups is 2. The maximum atomic E-state index is 12.0. The smallest absolute Gasteiger partial charge is 0.316 e. The quantitative estimate of drug-likeness (QED) is 0.416. The van der Waals surface area contributed by atoms with Crippen LogP contribution in [0.3, 0.4) is 0 Å². The van der Waals surface area contributed by atoms with Gasteiger partial charge in [-0.2, -0.15) is 0 Å². The average Bonchev–Trinajstić information content (AvgIpc) is 2.75. The Hall–Kier alpha value is -2.79. The molecule has 0 aliphatic carbocycles. The van der Waals surface area contributed by atoms with Gasteiger partial charge in [-0.15, -0.1) is 11.8 Å². The van der Waals surface area contributed by atoms with E-state index in [2.05, 4.69) is 29.6 Å². The highest BCUT2D eigenvalue weighted by molar-refractivity contribution is 8.00. The van der Waals surface area contributed by atoms with Crippen LogP contribution in [0.1, 0.15) is 18.9 Å². The number of ether oxygens (including phenoxy) is 1. The Balaban J connectivity index is 1.35. The van der Waals surface area contributed by atoms with Crippen molar-refractivity contribution in [2.45, 2.75) is 30.7 Å². The Morgan fingerprint density at radius 2 is 1.69 bits per heavy atom. The van der Waals surface area contributed by atoms with Gasteiger partial charge in [0.05, 0.1) is 5.75 Å². The van der Waals surface area contributed by atoms with E-state index in [1.807, 2.05) is 55.5 Å². The molecule has 0 spiro atoms. The summed E-state index contributed by atoms with van der Waals surface area (Å²) in [5.41, 5.74) is 1.24. The normalized spacial score (nSPS) is 11.8. The second-order valence-electron chi connectivity index (χ2n) is 6.95. The lowest BCUT2D eigenvalue weighted by molar-refractivity contribution is -0.146. The topological polar surface area (TPSA) is 55.4 Å². The molecular weight excluding hydrogens is 382 g/mol. The Bertz CT molecular complexity index is 959. The van der Waals surface area contributed by atoms with Gasteiger partial charge in [-0.3, -0.25) is 9.59 Å². The lowest BCUT2D eigenvalue weighted by atomic mass is 10.1. The zero-order valence-corrected chi connectivity index (χ0v) is 17.3. The van der Waals surface area contributed by atoms with E-state index < -0.39 is 5.97 Å². The standard InChI is InChI=1S/C24H25NO3S/c1-18(11-12-19-7-3-2-4-8-19)25-23(26)16-28-24(27)17-29-22-14-13-20-9-5-6-10-21(20)15-22/h2-10,13-15,18H,11-12,16-17H2,1H3,(H,25,26)/t18-/m0/s1. The van der Waals surface area contributed by atoms with Crippen molar-refractivity contribution in [3.05, 3.63) is 78.4 Å². The SMILES string of the molecule is C[C@@H](CCc1ccccc1)NC(=O)COC(=O)CSc1ccc2ccccc2c1. The van der Waals surface area contributed by atoms with Crippen LogP contribution in [0.15, 0.2) is 77.7 Å². The van der Waals surface area contributed by atoms with Crippen molar-refractivity contribution in [3.8, 4) is 0 Å². The molecule has 4 nitrogen and oxygen atoms in total. The molecule has 1 atom stereocenters. The Kier molecular flexibility index (Phi) is 7.70. The number of benzene rings is 3. The van der Waals surface area contributed by atoms with Crippen molar-refractivity contribution >= 4 is 34.4 Å². The molecule has 0 saturated carbocycles. The van der Waals surface area contributed by atoms with Crippen LogP contribution in [0, 0.1) is 0 Å². The number of fused-ring (bicyclic) bond motifs is 1. The van der Waals surface area contributed by atoms with E-state index in [0.29, 0.717) is 0 Å². The zero-order chi connectivity index (χ0) is 20.5. The van der Waals surface area contributed by atoms with Crippen LogP contribution in [0.4, 0.5) is 0 Å². The predicted octanol–water partition coefficient (Wildman–Crippen LogP) is 4.61. The molecule has 0 aromatic heterocycles. The minimum Gasteiger partial charge on any atom is -0.455 e. The predicted molar refractivity (Wildman–Crippen MR) is 118 cm³/mol. The monoisotopic (exact) mass is 407 g/mol. The van der Waals surface area contributed by atoms with Gasteiger partial charge in [0.1, 0.15) is 0 Å². The van der Waals surface area contributed by atoms with Crippen LogP contribution < -0.4 is 5.32 Å². The largest absolute Gasteiger partial charge is 0.455 e. The second-order valence-corrected chi connectivity index (χ2v) is 8.00. The van der Waals surface area contributed by atoms with E-state index in [-0.39, 0.29) is 24.3 Å². The fraction of sp³-hybridized carbons (Fsp3) is 0.250. The van der Waals surface area contributed by atoms with Gasteiger partial charge in [-0.25, -0.2) is 0 Å². The van der Waals surface area contributed by atoms with E-state index in [9.17, 15) is 9.59 Å². The maximum absolute atomic E-state index is 12.0. The van der Waals surface area contributed by atoms with Crippen molar-refractivity contribution in [2.24, 2.45) is 0 Å². The summed E-state index contributed by atoms with van der Waals surface area (Å²) in [6.07, 6.45) is 1.73. The molecule has 150 valence electrons. The molecule has 0 unspecified atom stereocenters. The zero-order valence-electron chi connectivity index (χ0n) is 16.5. The molecule has 3 rings (SSSR count). The van der Waals surface area contributed by atoms with Gasteiger partial charge in [-0.05, 0) is 48.2 Å².